The van der Waals surface area contributed by atoms with E-state index in [1.165, 1.54) is 16.7 Å². The number of hydrogen-bond acceptors (Lipinski definition) is 2. The lowest BCUT2D eigenvalue weighted by Gasteiger charge is -2.20. The van der Waals surface area contributed by atoms with Crippen LogP contribution in [-0.4, -0.2) is 13.7 Å². The van der Waals surface area contributed by atoms with E-state index in [1.807, 2.05) is 0 Å². The minimum absolute atomic E-state index is 0.472. The molecule has 0 spiro atoms. The fourth-order valence-corrected chi connectivity index (χ4v) is 3.11. The van der Waals surface area contributed by atoms with Gasteiger partial charge >= 0.3 is 0 Å². The van der Waals surface area contributed by atoms with Crippen molar-refractivity contribution in [2.24, 2.45) is 5.92 Å². The summed E-state index contributed by atoms with van der Waals surface area (Å²) < 4.78 is 5.53. The van der Waals surface area contributed by atoms with Crippen molar-refractivity contribution in [3.05, 3.63) is 28.8 Å². The number of rotatable bonds is 3. The third-order valence-electron chi connectivity index (χ3n) is 4.19. The second kappa shape index (κ2) is 4.69. The van der Waals surface area contributed by atoms with E-state index in [4.69, 9.17) is 4.74 Å². The molecule has 0 amide bonds. The number of fused-ring (bicyclic) bond motifs is 1. The molecule has 3 unspecified atom stereocenters. The van der Waals surface area contributed by atoms with Gasteiger partial charge in [-0.15, -0.1) is 0 Å². The molecular formula is C15H23NO. The van der Waals surface area contributed by atoms with Crippen LogP contribution in [0, 0.1) is 12.8 Å². The molecule has 1 aliphatic carbocycles. The Kier molecular flexibility index (Phi) is 3.43. The predicted octanol–water partition coefficient (Wildman–Crippen LogP) is 3.41. The summed E-state index contributed by atoms with van der Waals surface area (Å²) in [5, 5.41) is 3.62. The maximum absolute atomic E-state index is 5.53. The first-order valence-electron chi connectivity index (χ1n) is 6.52. The monoisotopic (exact) mass is 233 g/mol. The molecule has 0 saturated heterocycles. The lowest BCUT2D eigenvalue weighted by molar-refractivity contribution is 0.377. The average Bonchev–Trinajstić information content (AvgIpc) is 2.57. The minimum Gasteiger partial charge on any atom is -0.496 e. The van der Waals surface area contributed by atoms with Gasteiger partial charge in [-0.05, 0) is 42.5 Å². The Morgan fingerprint density at radius 3 is 2.53 bits per heavy atom. The topological polar surface area (TPSA) is 21.3 Å². The molecule has 1 aromatic carbocycles. The number of methoxy groups -OCH3 is 1. The highest BCUT2D eigenvalue weighted by atomic mass is 16.5. The molecule has 94 valence electrons. The summed E-state index contributed by atoms with van der Waals surface area (Å²) >= 11 is 0. The predicted molar refractivity (Wildman–Crippen MR) is 71.7 cm³/mol. The van der Waals surface area contributed by atoms with Crippen molar-refractivity contribution in [1.29, 1.82) is 0 Å². The molecule has 1 aliphatic rings. The number of hydrogen-bond donors (Lipinski definition) is 1. The van der Waals surface area contributed by atoms with Crippen LogP contribution in [0.25, 0.3) is 0 Å². The van der Waals surface area contributed by atoms with Crippen molar-refractivity contribution in [3.8, 4) is 5.75 Å². The van der Waals surface area contributed by atoms with Gasteiger partial charge in [0.1, 0.15) is 5.75 Å². The average molecular weight is 233 g/mol. The number of nitrogens with one attached hydrogen (secondary N) is 1. The Morgan fingerprint density at radius 1 is 1.24 bits per heavy atom. The smallest absolute Gasteiger partial charge is 0.122 e. The van der Waals surface area contributed by atoms with E-state index in [9.17, 15) is 0 Å². The zero-order valence-corrected chi connectivity index (χ0v) is 11.5. The van der Waals surface area contributed by atoms with Crippen LogP contribution in [-0.2, 0) is 0 Å². The zero-order valence-electron chi connectivity index (χ0n) is 11.5. The first-order valence-corrected chi connectivity index (χ1v) is 6.52. The molecule has 17 heavy (non-hydrogen) atoms. The van der Waals surface area contributed by atoms with Crippen LogP contribution in [0.15, 0.2) is 12.1 Å². The lowest BCUT2D eigenvalue weighted by atomic mass is 9.94. The van der Waals surface area contributed by atoms with Gasteiger partial charge in [0.2, 0.25) is 0 Å². The maximum Gasteiger partial charge on any atom is 0.122 e. The molecule has 0 saturated carbocycles. The van der Waals surface area contributed by atoms with Gasteiger partial charge in [0, 0.05) is 11.6 Å². The molecule has 0 bridgehead atoms. The molecule has 0 fully saturated rings. The van der Waals surface area contributed by atoms with Crippen LogP contribution in [0.1, 0.15) is 49.4 Å². The Morgan fingerprint density at radius 2 is 1.94 bits per heavy atom. The number of aryl methyl sites for hydroxylation is 1. The summed E-state index contributed by atoms with van der Waals surface area (Å²) in [6.45, 7) is 10.0. The number of ether oxygens (including phenoxy) is 1. The lowest BCUT2D eigenvalue weighted by Crippen LogP contribution is -2.24. The van der Waals surface area contributed by atoms with E-state index in [2.05, 4.69) is 45.1 Å². The van der Waals surface area contributed by atoms with Crippen molar-refractivity contribution in [2.75, 3.05) is 13.7 Å². The van der Waals surface area contributed by atoms with Gasteiger partial charge < -0.3 is 10.1 Å². The van der Waals surface area contributed by atoms with E-state index < -0.39 is 0 Å². The Balaban J connectivity index is 2.56. The largest absolute Gasteiger partial charge is 0.496 e. The van der Waals surface area contributed by atoms with Gasteiger partial charge in [0.05, 0.1) is 7.11 Å². The maximum atomic E-state index is 5.53. The zero-order chi connectivity index (χ0) is 12.6. The Bertz CT molecular complexity index is 414. The van der Waals surface area contributed by atoms with Crippen molar-refractivity contribution < 1.29 is 4.74 Å². The van der Waals surface area contributed by atoms with E-state index in [-0.39, 0.29) is 0 Å². The highest BCUT2D eigenvalue weighted by Gasteiger charge is 2.37. The molecule has 0 aromatic heterocycles. The SMILES string of the molecule is CCNC1c2c(C)ccc(OC)c2C(C)C1C. The van der Waals surface area contributed by atoms with Crippen molar-refractivity contribution in [3.63, 3.8) is 0 Å². The van der Waals surface area contributed by atoms with E-state index in [1.54, 1.807) is 7.11 Å². The molecule has 0 aliphatic heterocycles. The second-order valence-electron chi connectivity index (χ2n) is 5.10. The molecule has 2 rings (SSSR count). The van der Waals surface area contributed by atoms with E-state index in [0.717, 1.165) is 12.3 Å². The summed E-state index contributed by atoms with van der Waals surface area (Å²) in [7, 11) is 1.77. The highest BCUT2D eigenvalue weighted by molar-refractivity contribution is 5.52. The molecule has 0 radical (unpaired) electrons. The van der Waals surface area contributed by atoms with Crippen LogP contribution in [0.3, 0.4) is 0 Å². The molecule has 0 heterocycles. The summed E-state index contributed by atoms with van der Waals surface area (Å²) in [6.07, 6.45) is 0. The first-order chi connectivity index (χ1) is 8.11. The fraction of sp³-hybridized carbons (Fsp3) is 0.600. The summed E-state index contributed by atoms with van der Waals surface area (Å²) in [5.74, 6) is 2.23. The Hall–Kier alpha value is -1.02. The molecule has 2 heteroatoms. The van der Waals surface area contributed by atoms with Gasteiger partial charge in [-0.25, -0.2) is 0 Å². The quantitative estimate of drug-likeness (QED) is 0.864. The van der Waals surface area contributed by atoms with Gasteiger partial charge in [-0.2, -0.15) is 0 Å². The van der Waals surface area contributed by atoms with Crippen LogP contribution >= 0.6 is 0 Å². The minimum atomic E-state index is 0.472. The third kappa shape index (κ3) is 1.85. The van der Waals surface area contributed by atoms with Gasteiger partial charge in [-0.3, -0.25) is 0 Å². The first kappa shape index (κ1) is 12.4. The molecular weight excluding hydrogens is 210 g/mol. The van der Waals surface area contributed by atoms with Gasteiger partial charge in [-0.1, -0.05) is 26.8 Å². The second-order valence-corrected chi connectivity index (χ2v) is 5.10. The highest BCUT2D eigenvalue weighted by Crippen LogP contribution is 2.49. The van der Waals surface area contributed by atoms with Gasteiger partial charge in [0.25, 0.3) is 0 Å². The third-order valence-corrected chi connectivity index (χ3v) is 4.19. The summed E-state index contributed by atoms with van der Waals surface area (Å²) in [4.78, 5) is 0. The molecule has 1 aromatic rings. The fourth-order valence-electron chi connectivity index (χ4n) is 3.11. The molecule has 2 nitrogen and oxygen atoms in total. The standard InChI is InChI=1S/C15H23NO/c1-6-16-15-11(4)10(3)14-12(17-5)8-7-9(2)13(14)15/h7-8,10-11,15-16H,6H2,1-5H3. The van der Waals surface area contributed by atoms with Crippen LogP contribution in [0.2, 0.25) is 0 Å². The van der Waals surface area contributed by atoms with E-state index >= 15 is 0 Å². The Labute approximate surface area is 104 Å². The van der Waals surface area contributed by atoms with Crippen molar-refractivity contribution in [2.45, 2.75) is 39.7 Å². The number of benzene rings is 1. The van der Waals surface area contributed by atoms with Gasteiger partial charge in [0.15, 0.2) is 0 Å². The summed E-state index contributed by atoms with van der Waals surface area (Å²) in [6, 6.07) is 4.75. The van der Waals surface area contributed by atoms with Crippen LogP contribution < -0.4 is 10.1 Å². The molecule has 3 atom stereocenters. The summed E-state index contributed by atoms with van der Waals surface area (Å²) in [5.41, 5.74) is 4.25. The van der Waals surface area contributed by atoms with Crippen LogP contribution in [0.5, 0.6) is 5.75 Å². The van der Waals surface area contributed by atoms with Crippen molar-refractivity contribution in [1.82, 2.24) is 5.32 Å². The van der Waals surface area contributed by atoms with Crippen LogP contribution in [0.4, 0.5) is 0 Å². The van der Waals surface area contributed by atoms with Crippen molar-refractivity contribution >= 4 is 0 Å². The van der Waals surface area contributed by atoms with E-state index in [0.29, 0.717) is 17.9 Å². The molecule has 1 N–H and O–H groups in total. The normalized spacial score (nSPS) is 27.0.